The van der Waals surface area contributed by atoms with E-state index in [4.69, 9.17) is 14.2 Å². The van der Waals surface area contributed by atoms with Gasteiger partial charge >= 0.3 is 0 Å². The van der Waals surface area contributed by atoms with Gasteiger partial charge < -0.3 is 24.1 Å². The Kier molecular flexibility index (Phi) is 5.27. The third kappa shape index (κ3) is 4.19. The lowest BCUT2D eigenvalue weighted by Crippen LogP contribution is -2.46. The predicted octanol–water partition coefficient (Wildman–Crippen LogP) is 1.24. The molecule has 0 radical (unpaired) electrons. The minimum atomic E-state index is -0.198. The molecule has 2 saturated heterocycles. The summed E-state index contributed by atoms with van der Waals surface area (Å²) in [5.74, 6) is 0.850. The number of benzene rings is 1. The molecule has 2 fully saturated rings. The molecule has 134 valence electrons. The maximum atomic E-state index is 6.28. The van der Waals surface area contributed by atoms with Crippen LogP contribution in [0.15, 0.2) is 42.9 Å². The van der Waals surface area contributed by atoms with E-state index in [9.17, 15) is 0 Å². The van der Waals surface area contributed by atoms with Gasteiger partial charge in [0.25, 0.3) is 0 Å². The van der Waals surface area contributed by atoms with Gasteiger partial charge in [0.05, 0.1) is 26.1 Å². The number of para-hydroxylation sites is 1. The van der Waals surface area contributed by atoms with E-state index in [0.29, 0.717) is 19.8 Å². The Labute approximate surface area is 147 Å². The second-order valence-electron chi connectivity index (χ2n) is 6.24. The van der Waals surface area contributed by atoms with Gasteiger partial charge in [0.15, 0.2) is 12.5 Å². The summed E-state index contributed by atoms with van der Waals surface area (Å²) in [5.41, 5.74) is 0.906. The maximum Gasteiger partial charge on any atom is 0.197 e. The molecular weight excluding hydrogens is 320 g/mol. The quantitative estimate of drug-likeness (QED) is 0.851. The average Bonchev–Trinajstić information content (AvgIpc) is 3.34. The van der Waals surface area contributed by atoms with Crippen LogP contribution in [0.25, 0.3) is 0 Å². The van der Waals surface area contributed by atoms with Crippen LogP contribution in [0.4, 0.5) is 0 Å². The molecule has 1 unspecified atom stereocenters. The Bertz CT molecular complexity index is 651. The number of rotatable bonds is 6. The molecule has 1 N–H and O–H groups in total. The van der Waals surface area contributed by atoms with Crippen LogP contribution in [-0.4, -0.2) is 60.1 Å². The van der Waals surface area contributed by atoms with Gasteiger partial charge in [-0.2, -0.15) is 0 Å². The van der Waals surface area contributed by atoms with Crippen molar-refractivity contribution in [2.45, 2.75) is 19.1 Å². The number of imidazole rings is 1. The largest absolute Gasteiger partial charge is 0.469 e. The zero-order chi connectivity index (χ0) is 16.9. The SMILES string of the molecule is c1ccc(OC(c2cn(CC3OCCO3)cn2)N2CCNCC2)cc1. The molecule has 0 amide bonds. The van der Waals surface area contributed by atoms with Gasteiger partial charge in [-0.15, -0.1) is 0 Å². The number of aromatic nitrogens is 2. The van der Waals surface area contributed by atoms with E-state index in [1.165, 1.54) is 0 Å². The van der Waals surface area contributed by atoms with E-state index in [0.717, 1.165) is 37.6 Å². The van der Waals surface area contributed by atoms with Crippen molar-refractivity contribution in [2.24, 2.45) is 0 Å². The second-order valence-corrected chi connectivity index (χ2v) is 6.24. The lowest BCUT2D eigenvalue weighted by atomic mass is 10.3. The highest BCUT2D eigenvalue weighted by Crippen LogP contribution is 2.25. The Hall–Kier alpha value is -1.93. The Morgan fingerprint density at radius 1 is 1.16 bits per heavy atom. The fourth-order valence-electron chi connectivity index (χ4n) is 3.16. The highest BCUT2D eigenvalue weighted by atomic mass is 16.7. The number of piperazine rings is 1. The molecule has 0 bridgehead atoms. The van der Waals surface area contributed by atoms with Crippen LogP contribution in [0, 0.1) is 0 Å². The van der Waals surface area contributed by atoms with Gasteiger partial charge in [0.1, 0.15) is 11.4 Å². The van der Waals surface area contributed by atoms with Gasteiger partial charge in [-0.05, 0) is 12.1 Å². The van der Waals surface area contributed by atoms with Crippen LogP contribution < -0.4 is 10.1 Å². The van der Waals surface area contributed by atoms with Crippen molar-refractivity contribution < 1.29 is 14.2 Å². The molecule has 3 heterocycles. The Morgan fingerprint density at radius 3 is 2.68 bits per heavy atom. The van der Waals surface area contributed by atoms with Gasteiger partial charge in [0.2, 0.25) is 0 Å². The number of nitrogens with one attached hydrogen (secondary N) is 1. The molecule has 0 saturated carbocycles. The summed E-state index contributed by atoms with van der Waals surface area (Å²) in [7, 11) is 0. The van der Waals surface area contributed by atoms with E-state index in [-0.39, 0.29) is 12.5 Å². The standard InChI is InChI=1S/C18H24N4O3/c1-2-4-15(5-3-1)25-18(22-8-6-19-7-9-22)16-12-21(14-20-16)13-17-23-10-11-24-17/h1-5,12,14,17-19H,6-11,13H2. The van der Waals surface area contributed by atoms with Crippen molar-refractivity contribution in [2.75, 3.05) is 39.4 Å². The molecule has 7 nitrogen and oxygen atoms in total. The Balaban J connectivity index is 1.51. The summed E-state index contributed by atoms with van der Waals surface area (Å²) in [6, 6.07) is 9.91. The number of ether oxygens (including phenoxy) is 3. The number of nitrogens with zero attached hydrogens (tertiary/aromatic N) is 3. The summed E-state index contributed by atoms with van der Waals surface area (Å²) in [6.07, 6.45) is 3.47. The fraction of sp³-hybridized carbons (Fsp3) is 0.500. The summed E-state index contributed by atoms with van der Waals surface area (Å²) < 4.78 is 19.3. The molecule has 4 rings (SSSR count). The van der Waals surface area contributed by atoms with Gasteiger partial charge in [-0.1, -0.05) is 18.2 Å². The van der Waals surface area contributed by atoms with Crippen LogP contribution in [0.5, 0.6) is 5.75 Å². The molecule has 1 atom stereocenters. The van der Waals surface area contributed by atoms with E-state index in [1.807, 2.05) is 47.4 Å². The van der Waals surface area contributed by atoms with Crippen molar-refractivity contribution >= 4 is 0 Å². The van der Waals surface area contributed by atoms with Gasteiger partial charge in [-0.3, -0.25) is 4.90 Å². The first-order valence-electron chi connectivity index (χ1n) is 8.80. The second kappa shape index (κ2) is 7.97. The third-order valence-electron chi connectivity index (χ3n) is 4.43. The first kappa shape index (κ1) is 16.5. The summed E-state index contributed by atoms with van der Waals surface area (Å²) >= 11 is 0. The van der Waals surface area contributed by atoms with Crippen molar-refractivity contribution in [3.63, 3.8) is 0 Å². The fourth-order valence-corrected chi connectivity index (χ4v) is 3.16. The normalized spacial score (nSPS) is 20.6. The monoisotopic (exact) mass is 344 g/mol. The van der Waals surface area contributed by atoms with Crippen LogP contribution in [0.3, 0.4) is 0 Å². The minimum Gasteiger partial charge on any atom is -0.469 e. The van der Waals surface area contributed by atoms with E-state index in [2.05, 4.69) is 15.2 Å². The van der Waals surface area contributed by atoms with Crippen molar-refractivity contribution in [3.05, 3.63) is 48.5 Å². The lowest BCUT2D eigenvalue weighted by molar-refractivity contribution is -0.0525. The van der Waals surface area contributed by atoms with E-state index >= 15 is 0 Å². The molecule has 7 heteroatoms. The summed E-state index contributed by atoms with van der Waals surface area (Å²) in [6.45, 7) is 5.74. The van der Waals surface area contributed by atoms with E-state index < -0.39 is 0 Å². The van der Waals surface area contributed by atoms with Crippen molar-refractivity contribution in [1.82, 2.24) is 19.8 Å². The van der Waals surface area contributed by atoms with Crippen LogP contribution in [-0.2, 0) is 16.0 Å². The average molecular weight is 344 g/mol. The third-order valence-corrected chi connectivity index (χ3v) is 4.43. The van der Waals surface area contributed by atoms with Gasteiger partial charge in [-0.25, -0.2) is 4.98 Å². The highest BCUT2D eigenvalue weighted by Gasteiger charge is 2.26. The molecular formula is C18H24N4O3. The minimum absolute atomic E-state index is 0.185. The van der Waals surface area contributed by atoms with Gasteiger partial charge in [0, 0.05) is 32.4 Å². The first-order chi connectivity index (χ1) is 12.4. The molecule has 25 heavy (non-hydrogen) atoms. The van der Waals surface area contributed by atoms with Crippen molar-refractivity contribution in [3.8, 4) is 5.75 Å². The Morgan fingerprint density at radius 2 is 1.92 bits per heavy atom. The van der Waals surface area contributed by atoms with Crippen molar-refractivity contribution in [1.29, 1.82) is 0 Å². The molecule has 2 aliphatic rings. The maximum absolute atomic E-state index is 6.28. The predicted molar refractivity (Wildman–Crippen MR) is 92.2 cm³/mol. The number of hydrogen-bond acceptors (Lipinski definition) is 6. The molecule has 1 aromatic carbocycles. The van der Waals surface area contributed by atoms with Crippen LogP contribution in [0.1, 0.15) is 11.9 Å². The molecule has 2 aliphatic heterocycles. The summed E-state index contributed by atoms with van der Waals surface area (Å²) in [4.78, 5) is 6.91. The summed E-state index contributed by atoms with van der Waals surface area (Å²) in [5, 5.41) is 3.38. The molecule has 0 aliphatic carbocycles. The zero-order valence-corrected chi connectivity index (χ0v) is 14.2. The van der Waals surface area contributed by atoms with Crippen LogP contribution in [0.2, 0.25) is 0 Å². The lowest BCUT2D eigenvalue weighted by Gasteiger charge is -2.33. The topological polar surface area (TPSA) is 60.8 Å². The molecule has 1 aromatic heterocycles. The van der Waals surface area contributed by atoms with Crippen LogP contribution >= 0.6 is 0 Å². The van der Waals surface area contributed by atoms with E-state index in [1.54, 1.807) is 0 Å². The highest BCUT2D eigenvalue weighted by molar-refractivity contribution is 5.22. The number of hydrogen-bond donors (Lipinski definition) is 1. The zero-order valence-electron chi connectivity index (χ0n) is 14.2. The molecule has 2 aromatic rings. The first-order valence-corrected chi connectivity index (χ1v) is 8.80. The molecule has 0 spiro atoms. The smallest absolute Gasteiger partial charge is 0.197 e.